The smallest absolute Gasteiger partial charge is 0.328 e. The third-order valence-electron chi connectivity index (χ3n) is 16.3. The Labute approximate surface area is 544 Å². The molecular formula is C66H121N11O14. The number of likely N-dealkylation sites (N-methyl/N-ethyl adjacent to an activating group) is 6. The second kappa shape index (κ2) is 40.0. The van der Waals surface area contributed by atoms with Crippen LogP contribution in [0.25, 0.3) is 0 Å². The number of carboxylic acids is 1. The van der Waals surface area contributed by atoms with Gasteiger partial charge in [0, 0.05) is 35.2 Å². The largest absolute Gasteiger partial charge is 0.480 e. The van der Waals surface area contributed by atoms with E-state index in [0.29, 0.717) is 12.8 Å². The van der Waals surface area contributed by atoms with Crippen molar-refractivity contribution in [3.63, 3.8) is 0 Å². The van der Waals surface area contributed by atoms with Gasteiger partial charge in [-0.1, -0.05) is 116 Å². The van der Waals surface area contributed by atoms with Crippen LogP contribution in [0.1, 0.15) is 176 Å². The minimum absolute atomic E-state index is 0.0144. The summed E-state index contributed by atoms with van der Waals surface area (Å²) in [7, 11) is 8.79. The third kappa shape index (κ3) is 27.1. The second-order valence-corrected chi connectivity index (χ2v) is 28.0. The van der Waals surface area contributed by atoms with Crippen molar-refractivity contribution >= 4 is 65.0 Å². The summed E-state index contributed by atoms with van der Waals surface area (Å²) in [5, 5.41) is 48.1. The topological polar surface area (TPSA) is 337 Å². The average molecular weight is 1290 g/mol. The van der Waals surface area contributed by atoms with Gasteiger partial charge >= 0.3 is 5.97 Å². The number of carbonyl (C=O) groups excluding carboxylic acids is 10. The van der Waals surface area contributed by atoms with Crippen LogP contribution in [-0.4, -0.2) is 226 Å². The molecule has 0 aromatic heterocycles. The van der Waals surface area contributed by atoms with E-state index < -0.39 is 150 Å². The fourth-order valence-electron chi connectivity index (χ4n) is 11.0. The van der Waals surface area contributed by atoms with Crippen LogP contribution < -0.4 is 31.9 Å². The summed E-state index contributed by atoms with van der Waals surface area (Å²) < 4.78 is 0. The van der Waals surface area contributed by atoms with Crippen molar-refractivity contribution in [3.8, 4) is 0 Å². The van der Waals surface area contributed by atoms with E-state index in [2.05, 4.69) is 31.9 Å². The highest BCUT2D eigenvalue weighted by molar-refractivity contribution is 5.99. The predicted octanol–water partition coefficient (Wildman–Crippen LogP) is 3.53. The molecule has 10 amide bonds. The van der Waals surface area contributed by atoms with Crippen LogP contribution >= 0.6 is 0 Å². The van der Waals surface area contributed by atoms with Gasteiger partial charge in [0.15, 0.2) is 6.04 Å². The maximum Gasteiger partial charge on any atom is 0.328 e. The summed E-state index contributed by atoms with van der Waals surface area (Å²) in [6.07, 6.45) is 2.18. The van der Waals surface area contributed by atoms with E-state index in [9.17, 15) is 68.1 Å². The summed E-state index contributed by atoms with van der Waals surface area (Å²) in [6.45, 7) is 33.5. The number of amides is 10. The zero-order chi connectivity index (χ0) is 71.0. The number of hydrogen-bond donors (Lipinski definition) is 9. The number of hydrogen-bond acceptors (Lipinski definition) is 14. The number of aliphatic carboxylic acids is 1. The molecule has 91 heavy (non-hydrogen) atoms. The molecule has 0 bridgehead atoms. The first-order valence-electron chi connectivity index (χ1n) is 32.6. The van der Waals surface area contributed by atoms with Crippen LogP contribution in [0.5, 0.6) is 0 Å². The third-order valence-corrected chi connectivity index (χ3v) is 16.3. The monoisotopic (exact) mass is 1290 g/mol. The Morgan fingerprint density at radius 3 is 1.09 bits per heavy atom. The number of nitrogens with zero attached hydrogens (tertiary/aromatic N) is 5. The van der Waals surface area contributed by atoms with E-state index >= 15 is 0 Å². The summed E-state index contributed by atoms with van der Waals surface area (Å²) in [5.74, 6) is -9.76. The Bertz CT molecular complexity index is 2420. The molecule has 0 spiro atoms. The van der Waals surface area contributed by atoms with E-state index in [1.165, 1.54) is 63.7 Å². The molecule has 0 unspecified atom stereocenters. The lowest BCUT2D eigenvalue weighted by molar-refractivity contribution is -0.155. The van der Waals surface area contributed by atoms with Gasteiger partial charge in [0.2, 0.25) is 59.1 Å². The maximum atomic E-state index is 14.8. The number of rotatable bonds is 40. The number of nitrogens with one attached hydrogen (secondary N) is 6. The van der Waals surface area contributed by atoms with Crippen molar-refractivity contribution in [3.05, 3.63) is 12.2 Å². The molecular weight excluding hydrogens is 1170 g/mol. The highest BCUT2D eigenvalue weighted by Gasteiger charge is 2.45. The molecule has 0 aliphatic rings. The predicted molar refractivity (Wildman–Crippen MR) is 352 cm³/mol. The molecule has 0 saturated carbocycles. The van der Waals surface area contributed by atoms with Gasteiger partial charge in [0.05, 0.1) is 18.2 Å². The van der Waals surface area contributed by atoms with E-state index in [0.717, 1.165) is 9.80 Å². The van der Waals surface area contributed by atoms with Crippen molar-refractivity contribution in [1.82, 2.24) is 56.4 Å². The molecule has 0 aliphatic carbocycles. The standard InChI is InChI=1S/C66H121N11O14/c1-26-27-28-42(16)55(79)54(60(84)72-52(45(19)78)66(90)91)77(25)65(89)53(41(14)15)76(24)64(88)48(31-37(6)7)71-58(82)50(33-39(10)11)73(21)61(85)44(18)69-56(80)43(17)68-57(81)49(32-38(8)9)75(23)63(87)47(30-36(4)5)70-59(83)51(34-40(12)13)74(22)62(86)46(67-20)29-35(2)3/h26-27,35-55,67,78-79H,28-34H2,1-25H3,(H,68,81)(H,69,80)(H,70,83)(H,71,82)(H,72,84)(H,90,91)/b27-26+/t42-,43+,44-,45-,46-,47+,48+,49+,50+,51+,52+,53+,54+,55-/m1/s1. The zero-order valence-electron chi connectivity index (χ0n) is 59.8. The number of aliphatic hydroxyl groups excluding tert-OH is 2. The van der Waals surface area contributed by atoms with E-state index in [-0.39, 0.29) is 73.5 Å². The molecule has 14 atom stereocenters. The summed E-state index contributed by atoms with van der Waals surface area (Å²) in [4.78, 5) is 161. The summed E-state index contributed by atoms with van der Waals surface area (Å²) in [5.41, 5.74) is 0. The lowest BCUT2D eigenvalue weighted by atomic mass is 9.91. The fourth-order valence-corrected chi connectivity index (χ4v) is 11.0. The van der Waals surface area contributed by atoms with Gasteiger partial charge in [0.25, 0.3) is 0 Å². The normalized spacial score (nSPS) is 16.5. The van der Waals surface area contributed by atoms with Crippen molar-refractivity contribution in [1.29, 1.82) is 0 Å². The highest BCUT2D eigenvalue weighted by Crippen LogP contribution is 2.24. The van der Waals surface area contributed by atoms with Gasteiger partial charge in [-0.2, -0.15) is 0 Å². The Kier molecular flexibility index (Phi) is 37.3. The summed E-state index contributed by atoms with van der Waals surface area (Å²) in [6, 6.07) is -13.3. The average Bonchev–Trinajstić information content (AvgIpc) is 1.09. The molecule has 25 nitrogen and oxygen atoms in total. The molecule has 0 rings (SSSR count). The van der Waals surface area contributed by atoms with Gasteiger partial charge < -0.3 is 71.7 Å². The van der Waals surface area contributed by atoms with Gasteiger partial charge in [-0.3, -0.25) is 47.9 Å². The Hall–Kier alpha value is -6.21. The van der Waals surface area contributed by atoms with Crippen LogP contribution in [0, 0.1) is 47.3 Å². The lowest BCUT2D eigenvalue weighted by Crippen LogP contribution is -2.63. The molecule has 0 fully saturated rings. The number of carbonyl (C=O) groups is 11. The number of carboxylic acid groups (broad SMARTS) is 1. The molecule has 25 heteroatoms. The van der Waals surface area contributed by atoms with Gasteiger partial charge in [0.1, 0.15) is 54.4 Å². The quantitative estimate of drug-likeness (QED) is 0.0397. The molecule has 9 N–H and O–H groups in total. The molecule has 0 aromatic rings. The number of aliphatic hydroxyl groups is 2. The van der Waals surface area contributed by atoms with E-state index in [4.69, 9.17) is 0 Å². The zero-order valence-corrected chi connectivity index (χ0v) is 59.8. The van der Waals surface area contributed by atoms with Crippen LogP contribution in [0.2, 0.25) is 0 Å². The Balaban J connectivity index is 6.88. The molecule has 0 aromatic carbocycles. The van der Waals surface area contributed by atoms with Gasteiger partial charge in [-0.25, -0.2) is 4.79 Å². The second-order valence-electron chi connectivity index (χ2n) is 28.0. The molecule has 0 radical (unpaired) electrons. The van der Waals surface area contributed by atoms with Crippen LogP contribution in [0.4, 0.5) is 0 Å². The van der Waals surface area contributed by atoms with Gasteiger partial charge in [-0.05, 0) is 127 Å². The molecule has 0 aliphatic heterocycles. The van der Waals surface area contributed by atoms with Crippen LogP contribution in [0.3, 0.4) is 0 Å². The SMILES string of the molecule is C/C=C/C[C@@H](C)[C@@H](O)[C@@H](C(=O)N[C@H](C(=O)O)[C@@H](C)O)N(C)C(=O)[C@H](C(C)C)N(C)C(=O)[C@H](CC(C)C)NC(=O)[C@H](CC(C)C)N(C)C(=O)[C@@H](C)NC(=O)[C@H](C)NC(=O)[C@H](CC(C)C)N(C)C(=O)[C@H](CC(C)C)NC(=O)[C@H](CC(C)C)N(C)C(=O)[C@@H](CC(C)C)NC. The van der Waals surface area contributed by atoms with E-state index in [1.807, 2.05) is 83.1 Å². The van der Waals surface area contributed by atoms with Crippen molar-refractivity contribution < 1.29 is 68.1 Å². The van der Waals surface area contributed by atoms with Crippen molar-refractivity contribution in [2.45, 2.75) is 255 Å². The first kappa shape index (κ1) is 84.8. The van der Waals surface area contributed by atoms with E-state index in [1.54, 1.807) is 53.9 Å². The minimum Gasteiger partial charge on any atom is -0.480 e. The fraction of sp³-hybridized carbons (Fsp3) is 0.803. The lowest BCUT2D eigenvalue weighted by Gasteiger charge is -2.40. The summed E-state index contributed by atoms with van der Waals surface area (Å²) >= 11 is 0. The molecule has 0 saturated heterocycles. The van der Waals surface area contributed by atoms with Gasteiger partial charge in [-0.15, -0.1) is 0 Å². The molecule has 0 heterocycles. The minimum atomic E-state index is -1.78. The first-order chi connectivity index (χ1) is 41.9. The van der Waals surface area contributed by atoms with Crippen molar-refractivity contribution in [2.75, 3.05) is 42.3 Å². The van der Waals surface area contributed by atoms with Crippen LogP contribution in [0.15, 0.2) is 12.2 Å². The van der Waals surface area contributed by atoms with Crippen molar-refractivity contribution in [2.24, 2.45) is 47.3 Å². The number of allylic oxidation sites excluding steroid dienone is 2. The molecule has 524 valence electrons. The Morgan fingerprint density at radius 1 is 0.396 bits per heavy atom. The van der Waals surface area contributed by atoms with Crippen LogP contribution in [-0.2, 0) is 52.7 Å². The first-order valence-corrected chi connectivity index (χ1v) is 32.6. The highest BCUT2D eigenvalue weighted by atomic mass is 16.4. The Morgan fingerprint density at radius 2 is 0.736 bits per heavy atom. The maximum absolute atomic E-state index is 14.8.